The van der Waals surface area contributed by atoms with Crippen molar-refractivity contribution < 1.29 is 14.3 Å². The van der Waals surface area contributed by atoms with Gasteiger partial charge in [-0.15, -0.1) is 0 Å². The van der Waals surface area contributed by atoms with Gasteiger partial charge in [-0.05, 0) is 38.5 Å². The first-order valence-corrected chi connectivity index (χ1v) is 9.58. The number of hydrogen-bond donors (Lipinski definition) is 1. The number of esters is 1. The van der Waals surface area contributed by atoms with Gasteiger partial charge >= 0.3 is 5.97 Å². The molecular formula is C22H22ClN3O3. The van der Waals surface area contributed by atoms with Crippen LogP contribution in [0.15, 0.2) is 54.6 Å². The molecule has 0 bridgehead atoms. The van der Waals surface area contributed by atoms with Crippen molar-refractivity contribution in [1.82, 2.24) is 9.78 Å². The molecule has 0 aliphatic rings. The molecular weight excluding hydrogens is 390 g/mol. The van der Waals surface area contributed by atoms with E-state index in [0.29, 0.717) is 17.9 Å². The number of ether oxygens (including phenoxy) is 1. The summed E-state index contributed by atoms with van der Waals surface area (Å²) in [6.07, 6.45) is -0.987. The van der Waals surface area contributed by atoms with Gasteiger partial charge in [0.15, 0.2) is 6.10 Å². The van der Waals surface area contributed by atoms with Gasteiger partial charge in [0.05, 0.1) is 12.2 Å². The molecule has 0 aliphatic heterocycles. The van der Waals surface area contributed by atoms with Crippen LogP contribution in [0, 0.1) is 13.8 Å². The summed E-state index contributed by atoms with van der Waals surface area (Å²) >= 11 is 6.40. The van der Waals surface area contributed by atoms with E-state index in [4.69, 9.17) is 16.3 Å². The molecule has 6 nitrogen and oxygen atoms in total. The van der Waals surface area contributed by atoms with Crippen molar-refractivity contribution in [1.29, 1.82) is 0 Å². The Bertz CT molecular complexity index is 1010. The fourth-order valence-electron chi connectivity index (χ4n) is 2.79. The summed E-state index contributed by atoms with van der Waals surface area (Å²) in [5, 5.41) is 7.24. The Morgan fingerprint density at radius 2 is 1.76 bits per heavy atom. The molecule has 0 fully saturated rings. The van der Waals surface area contributed by atoms with Crippen LogP contribution in [-0.4, -0.2) is 27.8 Å². The van der Waals surface area contributed by atoms with E-state index >= 15 is 0 Å². The molecule has 0 saturated heterocycles. The van der Waals surface area contributed by atoms with Crippen LogP contribution in [-0.2, 0) is 16.1 Å². The number of anilines is 1. The molecule has 1 amide bonds. The normalized spacial score (nSPS) is 11.7. The highest BCUT2D eigenvalue weighted by Crippen LogP contribution is 2.22. The third kappa shape index (κ3) is 5.03. The summed E-state index contributed by atoms with van der Waals surface area (Å²) < 4.78 is 6.87. The van der Waals surface area contributed by atoms with Crippen molar-refractivity contribution >= 4 is 29.2 Å². The highest BCUT2D eigenvalue weighted by Gasteiger charge is 2.25. The lowest BCUT2D eigenvalue weighted by Gasteiger charge is -2.13. The maximum Gasteiger partial charge on any atom is 0.343 e. The Labute approximate surface area is 174 Å². The van der Waals surface area contributed by atoms with Gasteiger partial charge in [0.2, 0.25) is 0 Å². The monoisotopic (exact) mass is 411 g/mol. The molecule has 150 valence electrons. The Morgan fingerprint density at radius 1 is 1.10 bits per heavy atom. The van der Waals surface area contributed by atoms with Crippen LogP contribution in [0.1, 0.15) is 34.1 Å². The van der Waals surface area contributed by atoms with Crippen LogP contribution >= 0.6 is 11.6 Å². The first-order valence-electron chi connectivity index (χ1n) is 9.20. The molecule has 1 aromatic heterocycles. The summed E-state index contributed by atoms with van der Waals surface area (Å²) in [5.41, 5.74) is 3.40. The topological polar surface area (TPSA) is 73.2 Å². The van der Waals surface area contributed by atoms with Gasteiger partial charge in [-0.25, -0.2) is 9.48 Å². The Morgan fingerprint density at radius 3 is 2.41 bits per heavy atom. The minimum atomic E-state index is -0.987. The summed E-state index contributed by atoms with van der Waals surface area (Å²) in [5.74, 6) is -1.11. The Kier molecular flexibility index (Phi) is 6.34. The largest absolute Gasteiger partial charge is 0.449 e. The molecule has 2 aromatic carbocycles. The zero-order valence-electron chi connectivity index (χ0n) is 16.5. The predicted molar refractivity (Wildman–Crippen MR) is 112 cm³/mol. The zero-order valence-corrected chi connectivity index (χ0v) is 17.2. The number of para-hydroxylation sites is 1. The van der Waals surface area contributed by atoms with Crippen molar-refractivity contribution in [2.45, 2.75) is 33.4 Å². The molecule has 1 N–H and O–H groups in total. The molecule has 3 rings (SSSR count). The fourth-order valence-corrected chi connectivity index (χ4v) is 3.11. The number of amides is 1. The second-order valence-corrected chi connectivity index (χ2v) is 7.16. The molecule has 7 heteroatoms. The van der Waals surface area contributed by atoms with Crippen LogP contribution in [0.25, 0.3) is 0 Å². The number of rotatable bonds is 6. The number of nitrogens with zero attached hydrogens (tertiary/aromatic N) is 2. The molecule has 0 spiro atoms. The smallest absolute Gasteiger partial charge is 0.343 e. The number of halogens is 1. The van der Waals surface area contributed by atoms with E-state index in [1.165, 1.54) is 6.92 Å². The number of carbonyl (C=O) groups excluding carboxylic acids is 2. The summed E-state index contributed by atoms with van der Waals surface area (Å²) in [4.78, 5) is 24.9. The van der Waals surface area contributed by atoms with Crippen molar-refractivity contribution in [2.75, 3.05) is 5.32 Å². The van der Waals surface area contributed by atoms with E-state index in [2.05, 4.69) is 10.4 Å². The Balaban J connectivity index is 1.69. The van der Waals surface area contributed by atoms with Crippen molar-refractivity contribution in [3.63, 3.8) is 0 Å². The predicted octanol–water partition coefficient (Wildman–Crippen LogP) is 4.39. The number of nitrogens with one attached hydrogen (secondary N) is 1. The van der Waals surface area contributed by atoms with Gasteiger partial charge in [-0.3, -0.25) is 4.79 Å². The SMILES string of the molecule is Cc1ccc(Cn2nc(C)c(C(=O)O[C@H](C)C(=O)Nc3ccccc3)c2Cl)cc1. The highest BCUT2D eigenvalue weighted by molar-refractivity contribution is 6.32. The minimum absolute atomic E-state index is 0.165. The first kappa shape index (κ1) is 20.6. The number of benzene rings is 2. The molecule has 1 atom stereocenters. The van der Waals surface area contributed by atoms with Gasteiger partial charge < -0.3 is 10.1 Å². The van der Waals surface area contributed by atoms with Gasteiger partial charge in [0.1, 0.15) is 10.7 Å². The molecule has 0 unspecified atom stereocenters. The van der Waals surface area contributed by atoms with E-state index in [0.717, 1.165) is 11.1 Å². The maximum atomic E-state index is 12.6. The van der Waals surface area contributed by atoms with E-state index in [9.17, 15) is 9.59 Å². The van der Waals surface area contributed by atoms with Crippen LogP contribution in [0.3, 0.4) is 0 Å². The quantitative estimate of drug-likeness (QED) is 0.610. The van der Waals surface area contributed by atoms with Gasteiger partial charge in [0, 0.05) is 5.69 Å². The van der Waals surface area contributed by atoms with Crippen molar-refractivity contribution in [3.05, 3.63) is 82.1 Å². The molecule has 0 radical (unpaired) electrons. The van der Waals surface area contributed by atoms with Crippen LogP contribution in [0.2, 0.25) is 5.15 Å². The molecule has 1 heterocycles. The number of carbonyl (C=O) groups is 2. The lowest BCUT2D eigenvalue weighted by Crippen LogP contribution is -2.30. The van der Waals surface area contributed by atoms with E-state index in [1.54, 1.807) is 35.9 Å². The van der Waals surface area contributed by atoms with Gasteiger partial charge in [0.25, 0.3) is 5.91 Å². The van der Waals surface area contributed by atoms with E-state index < -0.39 is 18.0 Å². The van der Waals surface area contributed by atoms with Gasteiger partial charge in [-0.2, -0.15) is 5.10 Å². The standard InChI is InChI=1S/C22H22ClN3O3/c1-14-9-11-17(12-10-14)13-26-20(23)19(15(2)25-26)22(28)29-16(3)21(27)24-18-7-5-4-6-8-18/h4-12,16H,13H2,1-3H3,(H,24,27)/t16-/m1/s1. The molecule has 3 aromatic rings. The maximum absolute atomic E-state index is 12.6. The summed E-state index contributed by atoms with van der Waals surface area (Å²) in [7, 11) is 0. The number of hydrogen-bond acceptors (Lipinski definition) is 4. The van der Waals surface area contributed by atoms with Crippen LogP contribution in [0.4, 0.5) is 5.69 Å². The van der Waals surface area contributed by atoms with E-state index in [-0.39, 0.29) is 10.7 Å². The average molecular weight is 412 g/mol. The van der Waals surface area contributed by atoms with Crippen LogP contribution in [0.5, 0.6) is 0 Å². The molecule has 0 saturated carbocycles. The van der Waals surface area contributed by atoms with Crippen molar-refractivity contribution in [3.8, 4) is 0 Å². The highest BCUT2D eigenvalue weighted by atomic mass is 35.5. The summed E-state index contributed by atoms with van der Waals surface area (Å²) in [6, 6.07) is 16.9. The lowest BCUT2D eigenvalue weighted by molar-refractivity contribution is -0.123. The third-order valence-electron chi connectivity index (χ3n) is 4.42. The number of aryl methyl sites for hydroxylation is 2. The van der Waals surface area contributed by atoms with Crippen molar-refractivity contribution in [2.24, 2.45) is 0 Å². The zero-order chi connectivity index (χ0) is 21.0. The second-order valence-electron chi connectivity index (χ2n) is 6.80. The Hall–Kier alpha value is -3.12. The summed E-state index contributed by atoms with van der Waals surface area (Å²) in [6.45, 7) is 5.63. The molecule has 29 heavy (non-hydrogen) atoms. The molecule has 0 aliphatic carbocycles. The minimum Gasteiger partial charge on any atom is -0.449 e. The average Bonchev–Trinajstić information content (AvgIpc) is 2.97. The van der Waals surface area contributed by atoms with Gasteiger partial charge in [-0.1, -0.05) is 59.6 Å². The third-order valence-corrected chi connectivity index (χ3v) is 4.80. The van der Waals surface area contributed by atoms with E-state index in [1.807, 2.05) is 37.3 Å². The first-order chi connectivity index (χ1) is 13.8. The fraction of sp³-hybridized carbons (Fsp3) is 0.227. The number of aromatic nitrogens is 2. The lowest BCUT2D eigenvalue weighted by atomic mass is 10.1. The van der Waals surface area contributed by atoms with Crippen LogP contribution < -0.4 is 5.32 Å². The second kappa shape index (κ2) is 8.92.